The van der Waals surface area contributed by atoms with Crippen molar-refractivity contribution in [3.05, 3.63) is 0 Å². The van der Waals surface area contributed by atoms with Crippen LogP contribution in [0.15, 0.2) is 0 Å². The first kappa shape index (κ1) is 14.9. The Bertz CT molecular complexity index is 245. The lowest BCUT2D eigenvalue weighted by molar-refractivity contribution is -0.0313. The number of hydrogen-bond donors (Lipinski definition) is 2. The third-order valence-electron chi connectivity index (χ3n) is 3.77. The van der Waals surface area contributed by atoms with Crippen LogP contribution in [0.3, 0.4) is 0 Å². The van der Waals surface area contributed by atoms with Gasteiger partial charge in [-0.1, -0.05) is 0 Å². The molecule has 1 aliphatic rings. The van der Waals surface area contributed by atoms with Gasteiger partial charge >= 0.3 is 0 Å². The molecule has 4 nitrogen and oxygen atoms in total. The molecule has 0 aromatic carbocycles. The number of rotatable bonds is 6. The van der Waals surface area contributed by atoms with Crippen molar-refractivity contribution in [1.82, 2.24) is 5.32 Å². The Morgan fingerprint density at radius 1 is 1.59 bits per heavy atom. The van der Waals surface area contributed by atoms with Crippen molar-refractivity contribution in [3.8, 4) is 0 Å². The van der Waals surface area contributed by atoms with Crippen molar-refractivity contribution in [1.29, 1.82) is 0 Å². The fourth-order valence-electron chi connectivity index (χ4n) is 2.25. The van der Waals surface area contributed by atoms with E-state index in [-0.39, 0.29) is 11.7 Å². The summed E-state index contributed by atoms with van der Waals surface area (Å²) in [6.45, 7) is 9.41. The van der Waals surface area contributed by atoms with Crippen LogP contribution in [0.4, 0.5) is 0 Å². The van der Waals surface area contributed by atoms with E-state index in [1.54, 1.807) is 7.11 Å². The molecule has 0 saturated carbocycles. The van der Waals surface area contributed by atoms with Gasteiger partial charge in [-0.2, -0.15) is 0 Å². The minimum absolute atomic E-state index is 0.0855. The summed E-state index contributed by atoms with van der Waals surface area (Å²) in [5, 5.41) is 13.7. The van der Waals surface area contributed by atoms with Crippen LogP contribution < -0.4 is 5.32 Å². The van der Waals surface area contributed by atoms with E-state index in [0.717, 1.165) is 6.42 Å². The molecule has 0 aromatic heterocycles. The van der Waals surface area contributed by atoms with E-state index in [9.17, 15) is 5.11 Å². The lowest BCUT2D eigenvalue weighted by Crippen LogP contribution is -2.49. The Hall–Kier alpha value is -0.160. The zero-order valence-electron chi connectivity index (χ0n) is 11.7. The van der Waals surface area contributed by atoms with Gasteiger partial charge in [0, 0.05) is 32.7 Å². The highest BCUT2D eigenvalue weighted by Gasteiger charge is 2.39. The first-order valence-corrected chi connectivity index (χ1v) is 6.41. The summed E-state index contributed by atoms with van der Waals surface area (Å²) in [4.78, 5) is 0. The highest BCUT2D eigenvalue weighted by Crippen LogP contribution is 2.25. The third kappa shape index (κ3) is 4.21. The molecule has 3 unspecified atom stereocenters. The normalized spacial score (nSPS) is 31.8. The van der Waals surface area contributed by atoms with E-state index in [2.05, 4.69) is 26.1 Å². The molecule has 0 amide bonds. The van der Waals surface area contributed by atoms with Crippen LogP contribution in [0, 0.1) is 0 Å². The van der Waals surface area contributed by atoms with Crippen molar-refractivity contribution >= 4 is 0 Å². The van der Waals surface area contributed by atoms with Gasteiger partial charge in [0.05, 0.1) is 11.7 Å². The number of methoxy groups -OCH3 is 1. The standard InChI is InChI=1S/C13H27NO3/c1-10(8-12(3,4)16-5)14-9-13(15)6-7-17-11(13)2/h10-11,14-15H,6-9H2,1-5H3. The molecule has 4 heteroatoms. The van der Waals surface area contributed by atoms with Crippen LogP contribution in [0.5, 0.6) is 0 Å². The Morgan fingerprint density at radius 3 is 2.71 bits per heavy atom. The Labute approximate surface area is 105 Å². The van der Waals surface area contributed by atoms with E-state index in [1.165, 1.54) is 0 Å². The van der Waals surface area contributed by atoms with Crippen LogP contribution in [0.2, 0.25) is 0 Å². The quantitative estimate of drug-likeness (QED) is 0.741. The molecule has 102 valence electrons. The van der Waals surface area contributed by atoms with E-state index in [1.807, 2.05) is 6.92 Å². The Morgan fingerprint density at radius 2 is 2.24 bits per heavy atom. The molecule has 0 aromatic rings. The summed E-state index contributed by atoms with van der Waals surface area (Å²) in [6, 6.07) is 0.307. The largest absolute Gasteiger partial charge is 0.386 e. The molecule has 17 heavy (non-hydrogen) atoms. The van der Waals surface area contributed by atoms with Gasteiger partial charge in [0.25, 0.3) is 0 Å². The summed E-state index contributed by atoms with van der Waals surface area (Å²) in [6.07, 6.45) is 1.54. The van der Waals surface area contributed by atoms with E-state index < -0.39 is 5.60 Å². The van der Waals surface area contributed by atoms with Crippen LogP contribution in [-0.4, -0.2) is 48.7 Å². The lowest BCUT2D eigenvalue weighted by Gasteiger charge is -2.31. The van der Waals surface area contributed by atoms with Gasteiger partial charge in [0.1, 0.15) is 5.60 Å². The second kappa shape index (κ2) is 5.65. The predicted molar refractivity (Wildman–Crippen MR) is 68.2 cm³/mol. The van der Waals surface area contributed by atoms with Gasteiger partial charge in [-0.25, -0.2) is 0 Å². The first-order valence-electron chi connectivity index (χ1n) is 6.41. The van der Waals surface area contributed by atoms with Gasteiger partial charge in [0.15, 0.2) is 0 Å². The first-order chi connectivity index (χ1) is 7.79. The van der Waals surface area contributed by atoms with Gasteiger partial charge < -0.3 is 19.9 Å². The number of nitrogens with one attached hydrogen (secondary N) is 1. The van der Waals surface area contributed by atoms with Gasteiger partial charge in [0.2, 0.25) is 0 Å². The summed E-state index contributed by atoms with van der Waals surface area (Å²) < 4.78 is 10.8. The van der Waals surface area contributed by atoms with Crippen LogP contribution in [0.25, 0.3) is 0 Å². The summed E-state index contributed by atoms with van der Waals surface area (Å²) in [7, 11) is 1.73. The second-order valence-electron chi connectivity index (χ2n) is 5.82. The average Bonchev–Trinajstić information content (AvgIpc) is 2.57. The molecule has 1 fully saturated rings. The molecule has 1 rings (SSSR count). The molecule has 2 N–H and O–H groups in total. The van der Waals surface area contributed by atoms with Crippen LogP contribution in [-0.2, 0) is 9.47 Å². The van der Waals surface area contributed by atoms with Gasteiger partial charge in [-0.05, 0) is 34.1 Å². The molecule has 1 aliphatic heterocycles. The zero-order valence-corrected chi connectivity index (χ0v) is 11.7. The van der Waals surface area contributed by atoms with E-state index in [4.69, 9.17) is 9.47 Å². The molecule has 0 spiro atoms. The SMILES string of the molecule is COC(C)(C)CC(C)NCC1(O)CCOC1C. The number of aliphatic hydroxyl groups is 1. The number of ether oxygens (including phenoxy) is 2. The molecular weight excluding hydrogens is 218 g/mol. The van der Waals surface area contributed by atoms with Crippen molar-refractivity contribution in [2.45, 2.75) is 63.9 Å². The highest BCUT2D eigenvalue weighted by molar-refractivity contribution is 4.92. The summed E-state index contributed by atoms with van der Waals surface area (Å²) in [5.41, 5.74) is -0.849. The van der Waals surface area contributed by atoms with Crippen molar-refractivity contribution < 1.29 is 14.6 Å². The van der Waals surface area contributed by atoms with Crippen molar-refractivity contribution in [2.75, 3.05) is 20.3 Å². The second-order valence-corrected chi connectivity index (χ2v) is 5.82. The molecule has 0 aliphatic carbocycles. The monoisotopic (exact) mass is 245 g/mol. The maximum Gasteiger partial charge on any atom is 0.105 e. The minimum atomic E-state index is -0.717. The Kier molecular flexibility index (Phi) is 4.95. The van der Waals surface area contributed by atoms with Crippen LogP contribution in [0.1, 0.15) is 40.5 Å². The third-order valence-corrected chi connectivity index (χ3v) is 3.77. The fraction of sp³-hybridized carbons (Fsp3) is 1.00. The molecule has 0 radical (unpaired) electrons. The number of hydrogen-bond acceptors (Lipinski definition) is 4. The highest BCUT2D eigenvalue weighted by atomic mass is 16.5. The molecule has 1 saturated heterocycles. The zero-order chi connectivity index (χ0) is 13.1. The maximum absolute atomic E-state index is 10.3. The molecule has 3 atom stereocenters. The minimum Gasteiger partial charge on any atom is -0.386 e. The molecule has 0 bridgehead atoms. The predicted octanol–water partition coefficient (Wildman–Crippen LogP) is 1.32. The van der Waals surface area contributed by atoms with Crippen molar-refractivity contribution in [3.63, 3.8) is 0 Å². The molecule has 1 heterocycles. The van der Waals surface area contributed by atoms with Gasteiger partial charge in [-0.15, -0.1) is 0 Å². The fourth-order valence-corrected chi connectivity index (χ4v) is 2.25. The molecular formula is C13H27NO3. The smallest absolute Gasteiger partial charge is 0.105 e. The summed E-state index contributed by atoms with van der Waals surface area (Å²) in [5.74, 6) is 0. The Balaban J connectivity index is 2.35. The average molecular weight is 245 g/mol. The van der Waals surface area contributed by atoms with Crippen molar-refractivity contribution in [2.24, 2.45) is 0 Å². The van der Waals surface area contributed by atoms with E-state index >= 15 is 0 Å². The maximum atomic E-state index is 10.3. The summed E-state index contributed by atoms with van der Waals surface area (Å²) >= 11 is 0. The lowest BCUT2D eigenvalue weighted by atomic mass is 9.95. The van der Waals surface area contributed by atoms with Crippen LogP contribution >= 0.6 is 0 Å². The van der Waals surface area contributed by atoms with E-state index in [0.29, 0.717) is 25.6 Å². The van der Waals surface area contributed by atoms with Gasteiger partial charge in [-0.3, -0.25) is 0 Å². The topological polar surface area (TPSA) is 50.7 Å².